The average Bonchev–Trinajstić information content (AvgIpc) is 2.66. The fourth-order valence-electron chi connectivity index (χ4n) is 5.22. The highest BCUT2D eigenvalue weighted by atomic mass is 16.3. The van der Waals surface area contributed by atoms with Crippen LogP contribution in [-0.2, 0) is 0 Å². The zero-order valence-corrected chi connectivity index (χ0v) is 13.8. The highest BCUT2D eigenvalue weighted by Gasteiger charge is 2.49. The SMILES string of the molecule is Cc1cccc(C)c1C(CO)C[N+]1(C)[C@@H]2CCC[C@H]1CC2. The molecule has 2 aliphatic rings. The van der Waals surface area contributed by atoms with Gasteiger partial charge in [-0.25, -0.2) is 0 Å². The molecule has 3 rings (SSSR count). The molecule has 1 aromatic carbocycles. The summed E-state index contributed by atoms with van der Waals surface area (Å²) in [6, 6.07) is 8.18. The zero-order chi connectivity index (χ0) is 15.0. The van der Waals surface area contributed by atoms with E-state index in [9.17, 15) is 5.11 Å². The molecule has 0 spiro atoms. The van der Waals surface area contributed by atoms with Crippen molar-refractivity contribution in [3.63, 3.8) is 0 Å². The van der Waals surface area contributed by atoms with Gasteiger partial charge >= 0.3 is 0 Å². The smallest absolute Gasteiger partial charge is 0.0892 e. The van der Waals surface area contributed by atoms with Gasteiger partial charge in [0.2, 0.25) is 0 Å². The molecular weight excluding hydrogens is 258 g/mol. The van der Waals surface area contributed by atoms with Crippen molar-refractivity contribution in [3.05, 3.63) is 34.9 Å². The molecule has 2 fully saturated rings. The summed E-state index contributed by atoms with van der Waals surface area (Å²) in [5.41, 5.74) is 4.07. The van der Waals surface area contributed by atoms with Gasteiger partial charge < -0.3 is 9.59 Å². The average molecular weight is 288 g/mol. The second-order valence-corrected chi connectivity index (χ2v) is 7.53. The number of piperidine rings is 1. The Kier molecular flexibility index (Phi) is 4.11. The maximum absolute atomic E-state index is 10.1. The van der Waals surface area contributed by atoms with Crippen LogP contribution in [0.25, 0.3) is 0 Å². The molecule has 0 aromatic heterocycles. The van der Waals surface area contributed by atoms with Gasteiger partial charge in [-0.2, -0.15) is 0 Å². The number of hydrogen-bond acceptors (Lipinski definition) is 1. The Labute approximate surface area is 129 Å². The van der Waals surface area contributed by atoms with Gasteiger partial charge in [0.1, 0.15) is 0 Å². The number of aliphatic hydroxyl groups excluding tert-OH is 1. The molecule has 0 saturated carbocycles. The first-order chi connectivity index (χ1) is 10.1. The maximum Gasteiger partial charge on any atom is 0.0892 e. The Morgan fingerprint density at radius 2 is 1.67 bits per heavy atom. The number of hydrogen-bond donors (Lipinski definition) is 1. The third kappa shape index (κ3) is 2.53. The van der Waals surface area contributed by atoms with E-state index in [1.165, 1.54) is 53.3 Å². The fourth-order valence-corrected chi connectivity index (χ4v) is 5.22. The van der Waals surface area contributed by atoms with E-state index < -0.39 is 0 Å². The second kappa shape index (κ2) is 5.73. The number of aliphatic hydroxyl groups is 1. The van der Waals surface area contributed by atoms with Crippen LogP contribution < -0.4 is 0 Å². The van der Waals surface area contributed by atoms with Gasteiger partial charge in [-0.3, -0.25) is 0 Å². The molecule has 0 radical (unpaired) electrons. The van der Waals surface area contributed by atoms with Crippen LogP contribution in [0.5, 0.6) is 0 Å². The van der Waals surface area contributed by atoms with E-state index in [0.717, 1.165) is 18.6 Å². The summed E-state index contributed by atoms with van der Waals surface area (Å²) in [6.45, 7) is 5.77. The largest absolute Gasteiger partial charge is 0.396 e. The van der Waals surface area contributed by atoms with Crippen LogP contribution in [0.4, 0.5) is 0 Å². The number of benzene rings is 1. The molecule has 116 valence electrons. The number of nitrogens with zero attached hydrogens (tertiary/aromatic N) is 1. The molecule has 2 heteroatoms. The van der Waals surface area contributed by atoms with Gasteiger partial charge in [0, 0.05) is 12.8 Å². The molecule has 1 N–H and O–H groups in total. The summed E-state index contributed by atoms with van der Waals surface area (Å²) < 4.78 is 1.21. The van der Waals surface area contributed by atoms with E-state index in [4.69, 9.17) is 0 Å². The van der Waals surface area contributed by atoms with Gasteiger partial charge in [-0.1, -0.05) is 18.2 Å². The van der Waals surface area contributed by atoms with Crippen molar-refractivity contribution < 1.29 is 9.59 Å². The minimum Gasteiger partial charge on any atom is -0.396 e. The van der Waals surface area contributed by atoms with E-state index in [-0.39, 0.29) is 12.5 Å². The lowest BCUT2D eigenvalue weighted by Crippen LogP contribution is -2.57. The lowest BCUT2D eigenvalue weighted by atomic mass is 9.88. The molecule has 21 heavy (non-hydrogen) atoms. The van der Waals surface area contributed by atoms with Gasteiger partial charge in [0.15, 0.2) is 0 Å². The van der Waals surface area contributed by atoms with Gasteiger partial charge in [-0.15, -0.1) is 0 Å². The standard InChI is InChI=1S/C19H30NO/c1-14-6-4-7-15(2)19(14)16(13-21)12-20(3)17-8-5-9-18(20)11-10-17/h4,6-7,16-18,21H,5,8-13H2,1-3H3/q+1/t16?,17-,18+,20?. The van der Waals surface area contributed by atoms with E-state index in [1.807, 2.05) is 0 Å². The van der Waals surface area contributed by atoms with E-state index in [0.29, 0.717) is 0 Å². The van der Waals surface area contributed by atoms with Crippen LogP contribution >= 0.6 is 0 Å². The van der Waals surface area contributed by atoms with Crippen LogP contribution in [0.3, 0.4) is 0 Å². The molecular formula is C19H30NO+. The van der Waals surface area contributed by atoms with Crippen molar-refractivity contribution in [3.8, 4) is 0 Å². The predicted octanol–water partition coefficient (Wildman–Crippen LogP) is 3.54. The summed E-state index contributed by atoms with van der Waals surface area (Å²) in [4.78, 5) is 0. The highest BCUT2D eigenvalue weighted by Crippen LogP contribution is 2.43. The molecule has 2 bridgehead atoms. The Bertz CT molecular complexity index is 474. The van der Waals surface area contributed by atoms with Crippen molar-refractivity contribution in [2.24, 2.45) is 0 Å². The van der Waals surface area contributed by atoms with E-state index >= 15 is 0 Å². The minimum absolute atomic E-state index is 0.277. The third-order valence-corrected chi connectivity index (χ3v) is 6.36. The van der Waals surface area contributed by atoms with Crippen molar-refractivity contribution in [1.29, 1.82) is 0 Å². The zero-order valence-electron chi connectivity index (χ0n) is 13.8. The molecule has 2 unspecified atom stereocenters. The minimum atomic E-state index is 0.277. The Balaban J connectivity index is 1.88. The van der Waals surface area contributed by atoms with Crippen molar-refractivity contribution in [2.75, 3.05) is 20.2 Å². The Morgan fingerprint density at radius 3 is 2.19 bits per heavy atom. The third-order valence-electron chi connectivity index (χ3n) is 6.36. The lowest BCUT2D eigenvalue weighted by molar-refractivity contribution is -0.949. The van der Waals surface area contributed by atoms with Crippen molar-refractivity contribution >= 4 is 0 Å². The van der Waals surface area contributed by atoms with Crippen LogP contribution in [0.15, 0.2) is 18.2 Å². The summed E-state index contributed by atoms with van der Waals surface area (Å²) >= 11 is 0. The number of fused-ring (bicyclic) bond motifs is 2. The first kappa shape index (κ1) is 15.1. The second-order valence-electron chi connectivity index (χ2n) is 7.53. The molecule has 2 nitrogen and oxygen atoms in total. The van der Waals surface area contributed by atoms with Crippen molar-refractivity contribution in [2.45, 2.75) is 64.0 Å². The maximum atomic E-state index is 10.1. The lowest BCUT2D eigenvalue weighted by Gasteiger charge is -2.46. The first-order valence-electron chi connectivity index (χ1n) is 8.58. The molecule has 0 aliphatic carbocycles. The van der Waals surface area contributed by atoms with E-state index in [1.54, 1.807) is 0 Å². The van der Waals surface area contributed by atoms with Gasteiger partial charge in [0.25, 0.3) is 0 Å². The number of quaternary nitrogens is 1. The monoisotopic (exact) mass is 288 g/mol. The van der Waals surface area contributed by atoms with Crippen LogP contribution in [-0.4, -0.2) is 41.9 Å². The molecule has 2 aliphatic heterocycles. The number of rotatable bonds is 4. The Morgan fingerprint density at radius 1 is 1.10 bits per heavy atom. The first-order valence-corrected chi connectivity index (χ1v) is 8.58. The highest BCUT2D eigenvalue weighted by molar-refractivity contribution is 5.36. The molecule has 2 heterocycles. The van der Waals surface area contributed by atoms with Gasteiger partial charge in [0.05, 0.1) is 38.2 Å². The summed E-state index contributed by atoms with van der Waals surface area (Å²) in [5.74, 6) is 0.289. The molecule has 1 aromatic rings. The summed E-state index contributed by atoms with van der Waals surface area (Å²) in [7, 11) is 2.46. The van der Waals surface area contributed by atoms with Crippen molar-refractivity contribution in [1.82, 2.24) is 0 Å². The normalized spacial score (nSPS) is 33.1. The molecule has 2 saturated heterocycles. The molecule has 0 amide bonds. The van der Waals surface area contributed by atoms with Crippen LogP contribution in [0.2, 0.25) is 0 Å². The Hall–Kier alpha value is -0.860. The van der Waals surface area contributed by atoms with Crippen LogP contribution in [0, 0.1) is 13.8 Å². The topological polar surface area (TPSA) is 20.2 Å². The van der Waals surface area contributed by atoms with Crippen LogP contribution in [0.1, 0.15) is 54.7 Å². The number of likely N-dealkylation sites (N-methyl/N-ethyl adjacent to an activating group) is 1. The number of aryl methyl sites for hydroxylation is 2. The predicted molar refractivity (Wildman–Crippen MR) is 87.5 cm³/mol. The van der Waals surface area contributed by atoms with Gasteiger partial charge in [-0.05, 0) is 49.8 Å². The fraction of sp³-hybridized carbons (Fsp3) is 0.684. The quantitative estimate of drug-likeness (QED) is 0.840. The van der Waals surface area contributed by atoms with E-state index in [2.05, 4.69) is 39.1 Å². The summed E-state index contributed by atoms with van der Waals surface area (Å²) in [6.07, 6.45) is 6.98. The summed E-state index contributed by atoms with van der Waals surface area (Å²) in [5, 5.41) is 10.1. The molecule has 4 atom stereocenters.